The zero-order valence-corrected chi connectivity index (χ0v) is 11.6. The van der Waals surface area contributed by atoms with Gasteiger partial charge >= 0.3 is 0 Å². The molecular formula is C17H16S. The molecule has 0 saturated carbocycles. The number of rotatable bonds is 1. The van der Waals surface area contributed by atoms with Crippen molar-refractivity contribution in [1.82, 2.24) is 0 Å². The van der Waals surface area contributed by atoms with Crippen molar-refractivity contribution in [1.29, 1.82) is 0 Å². The molecule has 90 valence electrons. The van der Waals surface area contributed by atoms with Crippen molar-refractivity contribution in [3.63, 3.8) is 0 Å². The van der Waals surface area contributed by atoms with Gasteiger partial charge in [-0.3, -0.25) is 0 Å². The van der Waals surface area contributed by atoms with Crippen LogP contribution in [0.15, 0.2) is 70.2 Å². The maximum Gasteiger partial charge on any atom is 0.0197 e. The number of thioether (sulfide) groups is 1. The maximum atomic E-state index is 2.32. The third-order valence-electron chi connectivity index (χ3n) is 3.37. The van der Waals surface area contributed by atoms with Crippen LogP contribution in [-0.4, -0.2) is 0 Å². The SMILES string of the molecule is CC1=CC=C2SC(c3ccccc3)=CC(C)=C2C1. The molecule has 1 aliphatic carbocycles. The van der Waals surface area contributed by atoms with E-state index < -0.39 is 0 Å². The standard InChI is InChI=1S/C17H16S/c1-12-8-9-16-15(10-12)13(2)11-17(18-16)14-6-4-3-5-7-14/h3-9,11H,10H2,1-2H3. The predicted octanol–water partition coefficient (Wildman–Crippen LogP) is 5.32. The van der Waals surface area contributed by atoms with Gasteiger partial charge in [0, 0.05) is 9.81 Å². The second kappa shape index (κ2) is 4.66. The number of benzene rings is 1. The van der Waals surface area contributed by atoms with Crippen LogP contribution in [0.2, 0.25) is 0 Å². The van der Waals surface area contributed by atoms with Gasteiger partial charge < -0.3 is 0 Å². The molecule has 0 nitrogen and oxygen atoms in total. The Morgan fingerprint density at radius 1 is 0.944 bits per heavy atom. The molecule has 0 atom stereocenters. The second-order valence-corrected chi connectivity index (χ2v) is 5.94. The molecule has 0 amide bonds. The highest BCUT2D eigenvalue weighted by Gasteiger charge is 2.19. The number of allylic oxidation sites excluding steroid dienone is 6. The normalized spacial score (nSPS) is 18.9. The number of fused-ring (bicyclic) bond motifs is 1. The summed E-state index contributed by atoms with van der Waals surface area (Å²) in [6.45, 7) is 4.43. The summed E-state index contributed by atoms with van der Waals surface area (Å²) in [5, 5.41) is 0. The smallest absolute Gasteiger partial charge is 0.0197 e. The summed E-state index contributed by atoms with van der Waals surface area (Å²) in [7, 11) is 0. The highest BCUT2D eigenvalue weighted by atomic mass is 32.2. The largest absolute Gasteiger partial charge is 0.0892 e. The minimum atomic E-state index is 1.10. The van der Waals surface area contributed by atoms with Crippen LogP contribution in [0.4, 0.5) is 0 Å². The highest BCUT2D eigenvalue weighted by molar-refractivity contribution is 8.12. The Kier molecular flexibility index (Phi) is 3.00. The first-order valence-corrected chi connectivity index (χ1v) is 7.08. The van der Waals surface area contributed by atoms with E-state index in [4.69, 9.17) is 0 Å². The van der Waals surface area contributed by atoms with Crippen molar-refractivity contribution in [2.45, 2.75) is 20.3 Å². The molecule has 0 fully saturated rings. The van der Waals surface area contributed by atoms with E-state index in [0.29, 0.717) is 0 Å². The van der Waals surface area contributed by atoms with Crippen molar-refractivity contribution in [2.75, 3.05) is 0 Å². The average Bonchev–Trinajstić information content (AvgIpc) is 2.40. The van der Waals surface area contributed by atoms with Crippen LogP contribution < -0.4 is 0 Å². The van der Waals surface area contributed by atoms with E-state index in [1.54, 1.807) is 0 Å². The zero-order chi connectivity index (χ0) is 12.5. The lowest BCUT2D eigenvalue weighted by atomic mass is 9.96. The molecule has 0 aromatic heterocycles. The molecule has 3 rings (SSSR count). The first-order chi connectivity index (χ1) is 8.74. The minimum absolute atomic E-state index is 1.10. The number of hydrogen-bond donors (Lipinski definition) is 0. The summed E-state index contributed by atoms with van der Waals surface area (Å²) in [4.78, 5) is 2.77. The van der Waals surface area contributed by atoms with Gasteiger partial charge in [0.1, 0.15) is 0 Å². The van der Waals surface area contributed by atoms with Gasteiger partial charge in [0.2, 0.25) is 0 Å². The molecule has 1 aromatic rings. The van der Waals surface area contributed by atoms with Gasteiger partial charge in [-0.2, -0.15) is 0 Å². The van der Waals surface area contributed by atoms with Gasteiger partial charge in [0.15, 0.2) is 0 Å². The Bertz CT molecular complexity index is 598. The monoisotopic (exact) mass is 252 g/mol. The Balaban J connectivity index is 2.02. The van der Waals surface area contributed by atoms with Crippen LogP contribution in [-0.2, 0) is 0 Å². The van der Waals surface area contributed by atoms with Crippen LogP contribution in [0.3, 0.4) is 0 Å². The summed E-state index contributed by atoms with van der Waals surface area (Å²) in [5.41, 5.74) is 5.67. The summed E-state index contributed by atoms with van der Waals surface area (Å²) in [5.74, 6) is 0. The van der Waals surface area contributed by atoms with Gasteiger partial charge in [-0.25, -0.2) is 0 Å². The third-order valence-corrected chi connectivity index (χ3v) is 4.55. The van der Waals surface area contributed by atoms with E-state index in [0.717, 1.165) is 6.42 Å². The van der Waals surface area contributed by atoms with Crippen LogP contribution in [0.25, 0.3) is 4.91 Å². The summed E-state index contributed by atoms with van der Waals surface area (Å²) in [6, 6.07) is 10.6. The van der Waals surface area contributed by atoms with Gasteiger partial charge in [-0.1, -0.05) is 53.7 Å². The van der Waals surface area contributed by atoms with Gasteiger partial charge in [0.05, 0.1) is 0 Å². The summed E-state index contributed by atoms with van der Waals surface area (Å²) >= 11 is 1.89. The summed E-state index contributed by atoms with van der Waals surface area (Å²) in [6.07, 6.45) is 7.93. The molecule has 1 aliphatic heterocycles. The predicted molar refractivity (Wildman–Crippen MR) is 81.2 cm³/mol. The van der Waals surface area contributed by atoms with E-state index in [-0.39, 0.29) is 0 Å². The molecular weight excluding hydrogens is 236 g/mol. The zero-order valence-electron chi connectivity index (χ0n) is 10.7. The fraction of sp³-hybridized carbons (Fsp3) is 0.176. The molecule has 1 aromatic carbocycles. The topological polar surface area (TPSA) is 0 Å². The lowest BCUT2D eigenvalue weighted by Gasteiger charge is -2.24. The molecule has 0 bridgehead atoms. The highest BCUT2D eigenvalue weighted by Crippen LogP contribution is 2.46. The van der Waals surface area contributed by atoms with Crippen LogP contribution in [0.5, 0.6) is 0 Å². The van der Waals surface area contributed by atoms with Crippen LogP contribution >= 0.6 is 11.8 Å². The average molecular weight is 252 g/mol. The first kappa shape index (κ1) is 11.6. The summed E-state index contributed by atoms with van der Waals surface area (Å²) < 4.78 is 0. The molecule has 18 heavy (non-hydrogen) atoms. The quantitative estimate of drug-likeness (QED) is 0.651. The van der Waals surface area contributed by atoms with Crippen molar-refractivity contribution in [3.8, 4) is 0 Å². The van der Waals surface area contributed by atoms with Gasteiger partial charge in [0.25, 0.3) is 0 Å². The fourth-order valence-electron chi connectivity index (χ4n) is 2.35. The first-order valence-electron chi connectivity index (χ1n) is 6.26. The Morgan fingerprint density at radius 2 is 1.72 bits per heavy atom. The van der Waals surface area contributed by atoms with Crippen molar-refractivity contribution < 1.29 is 0 Å². The molecule has 2 aliphatic rings. The fourth-order valence-corrected chi connectivity index (χ4v) is 3.57. The van der Waals surface area contributed by atoms with E-state index in [9.17, 15) is 0 Å². The van der Waals surface area contributed by atoms with Crippen molar-refractivity contribution in [2.24, 2.45) is 0 Å². The molecule has 0 saturated heterocycles. The van der Waals surface area contributed by atoms with Crippen molar-refractivity contribution in [3.05, 3.63) is 75.7 Å². The Morgan fingerprint density at radius 3 is 2.50 bits per heavy atom. The van der Waals surface area contributed by atoms with Gasteiger partial charge in [-0.15, -0.1) is 0 Å². The van der Waals surface area contributed by atoms with Crippen molar-refractivity contribution >= 4 is 16.7 Å². The van der Waals surface area contributed by atoms with Crippen LogP contribution in [0, 0.1) is 0 Å². The Hall–Kier alpha value is -1.47. The lowest BCUT2D eigenvalue weighted by Crippen LogP contribution is -2.00. The van der Waals surface area contributed by atoms with E-state index in [1.807, 2.05) is 11.8 Å². The molecule has 0 unspecified atom stereocenters. The second-order valence-electron chi connectivity index (χ2n) is 4.86. The number of hydrogen-bond acceptors (Lipinski definition) is 1. The van der Waals surface area contributed by atoms with E-state index in [1.165, 1.54) is 32.1 Å². The molecule has 0 spiro atoms. The maximum absolute atomic E-state index is 2.32. The van der Waals surface area contributed by atoms with E-state index in [2.05, 4.69) is 62.4 Å². The van der Waals surface area contributed by atoms with Crippen LogP contribution in [0.1, 0.15) is 25.8 Å². The minimum Gasteiger partial charge on any atom is -0.0892 e. The molecule has 1 heteroatoms. The molecule has 0 radical (unpaired) electrons. The Labute approximate surface area is 113 Å². The molecule has 1 heterocycles. The van der Waals surface area contributed by atoms with Gasteiger partial charge in [-0.05, 0) is 49.1 Å². The lowest BCUT2D eigenvalue weighted by molar-refractivity contribution is 1.10. The third kappa shape index (κ3) is 2.11. The van der Waals surface area contributed by atoms with E-state index >= 15 is 0 Å². The molecule has 0 N–H and O–H groups in total.